The Bertz CT molecular complexity index is 951. The zero-order valence-electron chi connectivity index (χ0n) is 14.2. The Hall–Kier alpha value is -3.42. The molecule has 0 atom stereocenters. The van der Waals surface area contributed by atoms with Gasteiger partial charge in [-0.05, 0) is 30.3 Å². The number of benzene rings is 1. The Morgan fingerprint density at radius 3 is 2.85 bits per heavy atom. The van der Waals surface area contributed by atoms with Gasteiger partial charge in [0.15, 0.2) is 5.65 Å². The second-order valence-electron chi connectivity index (χ2n) is 5.52. The van der Waals surface area contributed by atoms with Gasteiger partial charge in [-0.25, -0.2) is 4.79 Å². The lowest BCUT2D eigenvalue weighted by atomic mass is 10.2. The largest absolute Gasteiger partial charge is 0.492 e. The van der Waals surface area contributed by atoms with Crippen LogP contribution in [0, 0.1) is 0 Å². The van der Waals surface area contributed by atoms with Gasteiger partial charge in [0.2, 0.25) is 0 Å². The molecule has 2 N–H and O–H groups in total. The smallest absolute Gasteiger partial charge is 0.335 e. The van der Waals surface area contributed by atoms with Crippen molar-refractivity contribution in [2.24, 2.45) is 0 Å². The number of aryl methyl sites for hydroxylation is 1. The zero-order chi connectivity index (χ0) is 18.5. The van der Waals surface area contributed by atoms with Gasteiger partial charge in [-0.3, -0.25) is 9.20 Å². The van der Waals surface area contributed by atoms with Gasteiger partial charge in [0, 0.05) is 12.6 Å². The maximum atomic E-state index is 12.4. The number of aromatic carboxylic acids is 1. The van der Waals surface area contributed by atoms with Gasteiger partial charge in [-0.1, -0.05) is 13.0 Å². The summed E-state index contributed by atoms with van der Waals surface area (Å²) in [5.74, 6) is -0.0623. The summed E-state index contributed by atoms with van der Waals surface area (Å²) >= 11 is 0. The fourth-order valence-corrected chi connectivity index (χ4v) is 2.53. The van der Waals surface area contributed by atoms with Gasteiger partial charge < -0.3 is 15.2 Å². The predicted molar refractivity (Wildman–Crippen MR) is 93.6 cm³/mol. The van der Waals surface area contributed by atoms with E-state index in [1.165, 1.54) is 12.1 Å². The van der Waals surface area contributed by atoms with Crippen LogP contribution in [0.5, 0.6) is 5.75 Å². The van der Waals surface area contributed by atoms with E-state index in [2.05, 4.69) is 15.5 Å². The molecule has 0 aliphatic carbocycles. The number of rotatable bonds is 7. The highest BCUT2D eigenvalue weighted by atomic mass is 16.5. The first-order valence-electron chi connectivity index (χ1n) is 8.17. The Kier molecular flexibility index (Phi) is 5.12. The van der Waals surface area contributed by atoms with E-state index in [1.807, 2.05) is 13.1 Å². The number of fused-ring (bicyclic) bond motifs is 1. The lowest BCUT2D eigenvalue weighted by Gasteiger charge is -2.09. The lowest BCUT2D eigenvalue weighted by Crippen LogP contribution is -2.28. The van der Waals surface area contributed by atoms with Crippen molar-refractivity contribution in [2.75, 3.05) is 13.2 Å². The molecule has 2 heterocycles. The monoisotopic (exact) mass is 354 g/mol. The summed E-state index contributed by atoms with van der Waals surface area (Å²) < 4.78 is 7.28. The molecular weight excluding hydrogens is 336 g/mol. The molecule has 3 rings (SSSR count). The number of hydrogen-bond acceptors (Lipinski definition) is 5. The molecule has 8 nitrogen and oxygen atoms in total. The number of aromatic nitrogens is 3. The third-order valence-corrected chi connectivity index (χ3v) is 3.80. The molecule has 8 heteroatoms. The van der Waals surface area contributed by atoms with E-state index in [0.717, 1.165) is 12.2 Å². The highest BCUT2D eigenvalue weighted by Gasteiger charge is 2.14. The van der Waals surface area contributed by atoms with Crippen molar-refractivity contribution in [3.63, 3.8) is 0 Å². The van der Waals surface area contributed by atoms with Crippen LogP contribution in [0.3, 0.4) is 0 Å². The number of carbonyl (C=O) groups excluding carboxylic acids is 1. The average Bonchev–Trinajstić information content (AvgIpc) is 3.08. The molecule has 26 heavy (non-hydrogen) atoms. The molecule has 0 saturated carbocycles. The van der Waals surface area contributed by atoms with Crippen LogP contribution in [0.25, 0.3) is 5.65 Å². The minimum absolute atomic E-state index is 0.150. The zero-order valence-corrected chi connectivity index (χ0v) is 14.2. The quantitative estimate of drug-likeness (QED) is 0.627. The van der Waals surface area contributed by atoms with Crippen LogP contribution in [0.4, 0.5) is 0 Å². The molecule has 0 unspecified atom stereocenters. The number of hydrogen-bond donors (Lipinski definition) is 2. The molecule has 0 aliphatic heterocycles. The Morgan fingerprint density at radius 1 is 1.23 bits per heavy atom. The van der Waals surface area contributed by atoms with E-state index < -0.39 is 5.97 Å². The summed E-state index contributed by atoms with van der Waals surface area (Å²) in [5, 5.41) is 19.9. The Balaban J connectivity index is 1.59. The summed E-state index contributed by atoms with van der Waals surface area (Å²) in [4.78, 5) is 23.3. The summed E-state index contributed by atoms with van der Waals surface area (Å²) in [6.45, 7) is 2.46. The molecule has 2 aromatic heterocycles. The maximum absolute atomic E-state index is 12.4. The minimum atomic E-state index is -1.02. The molecular formula is C18H18N4O4. The first-order chi connectivity index (χ1) is 12.6. The van der Waals surface area contributed by atoms with E-state index >= 15 is 0 Å². The molecule has 0 bridgehead atoms. The maximum Gasteiger partial charge on any atom is 0.335 e. The first-order valence-corrected chi connectivity index (χ1v) is 8.17. The molecule has 134 valence electrons. The molecule has 1 amide bonds. The number of amides is 1. The van der Waals surface area contributed by atoms with Gasteiger partial charge in [-0.2, -0.15) is 0 Å². The van der Waals surface area contributed by atoms with Crippen LogP contribution < -0.4 is 10.1 Å². The number of nitrogens with one attached hydrogen (secondary N) is 1. The van der Waals surface area contributed by atoms with Crippen molar-refractivity contribution >= 4 is 17.5 Å². The first kappa shape index (κ1) is 17.4. The molecule has 0 aliphatic rings. The summed E-state index contributed by atoms with van der Waals surface area (Å²) in [6, 6.07) is 9.66. The molecule has 0 fully saturated rings. The summed E-state index contributed by atoms with van der Waals surface area (Å²) in [5.41, 5.74) is 1.10. The van der Waals surface area contributed by atoms with Crippen LogP contribution in [-0.2, 0) is 6.42 Å². The van der Waals surface area contributed by atoms with Crippen molar-refractivity contribution in [3.05, 3.63) is 59.5 Å². The minimum Gasteiger partial charge on any atom is -0.492 e. The lowest BCUT2D eigenvalue weighted by molar-refractivity contribution is 0.0696. The van der Waals surface area contributed by atoms with Gasteiger partial charge in [0.25, 0.3) is 5.91 Å². The second-order valence-corrected chi connectivity index (χ2v) is 5.52. The number of ether oxygens (including phenoxy) is 1. The van der Waals surface area contributed by atoms with Crippen LogP contribution in [0.15, 0.2) is 42.6 Å². The van der Waals surface area contributed by atoms with E-state index in [4.69, 9.17) is 9.84 Å². The third kappa shape index (κ3) is 3.64. The summed E-state index contributed by atoms with van der Waals surface area (Å²) in [6.07, 6.45) is 2.54. The fraction of sp³-hybridized carbons (Fsp3) is 0.222. The number of carboxylic acids is 1. The SMILES string of the molecule is CCc1nnc2c(C(=O)NCCOc3cccc(C(=O)O)c3)cccn12. The molecule has 0 radical (unpaired) electrons. The highest BCUT2D eigenvalue weighted by molar-refractivity contribution is 5.99. The van der Waals surface area contributed by atoms with Crippen LogP contribution in [0.2, 0.25) is 0 Å². The Morgan fingerprint density at radius 2 is 2.08 bits per heavy atom. The van der Waals surface area contributed by atoms with Gasteiger partial charge >= 0.3 is 5.97 Å². The van der Waals surface area contributed by atoms with Crippen molar-refractivity contribution in [3.8, 4) is 5.75 Å². The normalized spacial score (nSPS) is 10.7. The van der Waals surface area contributed by atoms with E-state index in [1.54, 1.807) is 28.7 Å². The topological polar surface area (TPSA) is 106 Å². The van der Waals surface area contributed by atoms with Crippen LogP contribution >= 0.6 is 0 Å². The molecule has 0 spiro atoms. The summed E-state index contributed by atoms with van der Waals surface area (Å²) in [7, 11) is 0. The number of carboxylic acid groups (broad SMARTS) is 1. The van der Waals surface area contributed by atoms with Crippen LogP contribution in [0.1, 0.15) is 33.5 Å². The molecule has 1 aromatic carbocycles. The predicted octanol–water partition coefficient (Wildman–Crippen LogP) is 1.80. The van der Waals surface area contributed by atoms with Gasteiger partial charge in [0.05, 0.1) is 17.7 Å². The van der Waals surface area contributed by atoms with E-state index in [-0.39, 0.29) is 24.6 Å². The Labute approximate surface area is 149 Å². The molecule has 3 aromatic rings. The van der Waals surface area contributed by atoms with Crippen molar-refractivity contribution in [2.45, 2.75) is 13.3 Å². The average molecular weight is 354 g/mol. The van der Waals surface area contributed by atoms with Crippen molar-refractivity contribution < 1.29 is 19.4 Å². The van der Waals surface area contributed by atoms with Crippen molar-refractivity contribution in [1.29, 1.82) is 0 Å². The fourth-order valence-electron chi connectivity index (χ4n) is 2.53. The van der Waals surface area contributed by atoms with Crippen LogP contribution in [-0.4, -0.2) is 44.7 Å². The standard InChI is InChI=1S/C18H18N4O4/c1-2-15-20-21-16-14(7-4-9-22(15)16)17(23)19-8-10-26-13-6-3-5-12(11-13)18(24)25/h3-7,9,11H,2,8,10H2,1H3,(H,19,23)(H,24,25). The van der Waals surface area contributed by atoms with E-state index in [9.17, 15) is 9.59 Å². The molecule has 0 saturated heterocycles. The van der Waals surface area contributed by atoms with Gasteiger partial charge in [-0.15, -0.1) is 10.2 Å². The van der Waals surface area contributed by atoms with Crippen molar-refractivity contribution in [1.82, 2.24) is 19.9 Å². The highest BCUT2D eigenvalue weighted by Crippen LogP contribution is 2.13. The number of nitrogens with zero attached hydrogens (tertiary/aromatic N) is 3. The third-order valence-electron chi connectivity index (χ3n) is 3.80. The van der Waals surface area contributed by atoms with E-state index in [0.29, 0.717) is 17.0 Å². The number of pyridine rings is 1. The number of carbonyl (C=O) groups is 2. The second kappa shape index (κ2) is 7.64. The van der Waals surface area contributed by atoms with Gasteiger partial charge in [0.1, 0.15) is 18.2 Å².